The van der Waals surface area contributed by atoms with Gasteiger partial charge in [-0.2, -0.15) is 0 Å². The van der Waals surface area contributed by atoms with E-state index in [0.29, 0.717) is 0 Å². The first kappa shape index (κ1) is 11.6. The number of rotatable bonds is 6. The summed E-state index contributed by atoms with van der Waals surface area (Å²) in [5.41, 5.74) is 0. The molecule has 1 aliphatic heterocycles. The summed E-state index contributed by atoms with van der Waals surface area (Å²) in [5.74, 6) is 3.49. The van der Waals surface area contributed by atoms with Crippen molar-refractivity contribution in [1.82, 2.24) is 5.32 Å². The molecule has 0 atom stereocenters. The maximum atomic E-state index is 5.31. The quantitative estimate of drug-likeness (QED) is 0.515. The highest BCUT2D eigenvalue weighted by molar-refractivity contribution is 4.82. The van der Waals surface area contributed by atoms with Crippen LogP contribution < -0.4 is 5.32 Å². The normalized spacial score (nSPS) is 17.9. The average Bonchev–Trinajstić information content (AvgIpc) is 2.25. The Kier molecular flexibility index (Phi) is 6.47. The zero-order valence-corrected chi connectivity index (χ0v) is 8.93. The molecule has 0 aromatic rings. The van der Waals surface area contributed by atoms with Gasteiger partial charge < -0.3 is 10.1 Å². The van der Waals surface area contributed by atoms with Gasteiger partial charge in [-0.25, -0.2) is 0 Å². The number of nitrogens with one attached hydrogen (secondary N) is 1. The van der Waals surface area contributed by atoms with Gasteiger partial charge in [-0.3, -0.25) is 0 Å². The summed E-state index contributed by atoms with van der Waals surface area (Å²) < 4.78 is 5.31. The molecule has 1 N–H and O–H groups in total. The zero-order valence-electron chi connectivity index (χ0n) is 8.93. The first-order chi connectivity index (χ1) is 6.93. The van der Waals surface area contributed by atoms with E-state index in [4.69, 9.17) is 11.2 Å². The average molecular weight is 195 g/mol. The second-order valence-corrected chi connectivity index (χ2v) is 3.92. The minimum absolute atomic E-state index is 0.830. The third kappa shape index (κ3) is 5.26. The van der Waals surface area contributed by atoms with Crippen LogP contribution in [0.5, 0.6) is 0 Å². The van der Waals surface area contributed by atoms with Crippen LogP contribution in [0.25, 0.3) is 0 Å². The van der Waals surface area contributed by atoms with Gasteiger partial charge in [0, 0.05) is 19.6 Å². The smallest absolute Gasteiger partial charge is 0.0469 e. The van der Waals surface area contributed by atoms with E-state index in [-0.39, 0.29) is 0 Å². The van der Waals surface area contributed by atoms with E-state index in [1.807, 2.05) is 0 Å². The van der Waals surface area contributed by atoms with Crippen molar-refractivity contribution in [1.29, 1.82) is 0 Å². The first-order valence-corrected chi connectivity index (χ1v) is 5.65. The predicted octanol–water partition coefficient (Wildman–Crippen LogP) is 1.81. The highest BCUT2D eigenvalue weighted by Crippen LogP contribution is 2.12. The van der Waals surface area contributed by atoms with E-state index in [9.17, 15) is 0 Å². The molecule has 1 fully saturated rings. The third-order valence-corrected chi connectivity index (χ3v) is 2.70. The Hall–Kier alpha value is -0.520. The minimum Gasteiger partial charge on any atom is -0.381 e. The molecule has 0 aliphatic carbocycles. The van der Waals surface area contributed by atoms with Gasteiger partial charge >= 0.3 is 0 Å². The summed E-state index contributed by atoms with van der Waals surface area (Å²) in [6.07, 6.45) is 10.9. The molecule has 80 valence electrons. The lowest BCUT2D eigenvalue weighted by molar-refractivity contribution is 0.0663. The Morgan fingerprint density at radius 2 is 2.07 bits per heavy atom. The molecule has 2 nitrogen and oxygen atoms in total. The van der Waals surface area contributed by atoms with Crippen LogP contribution in [0.4, 0.5) is 0 Å². The number of terminal acetylenes is 1. The summed E-state index contributed by atoms with van der Waals surface area (Å²) in [4.78, 5) is 0. The summed E-state index contributed by atoms with van der Waals surface area (Å²) in [7, 11) is 0. The van der Waals surface area contributed by atoms with Crippen molar-refractivity contribution in [3.05, 3.63) is 0 Å². The van der Waals surface area contributed by atoms with Crippen molar-refractivity contribution in [2.45, 2.75) is 32.1 Å². The Morgan fingerprint density at radius 3 is 2.79 bits per heavy atom. The van der Waals surface area contributed by atoms with E-state index in [1.54, 1.807) is 0 Å². The third-order valence-electron chi connectivity index (χ3n) is 2.70. The number of unbranched alkanes of at least 4 members (excludes halogenated alkanes) is 2. The lowest BCUT2D eigenvalue weighted by atomic mass is 10.0. The molecule has 1 aliphatic rings. The van der Waals surface area contributed by atoms with Crippen molar-refractivity contribution in [2.24, 2.45) is 5.92 Å². The van der Waals surface area contributed by atoms with E-state index < -0.39 is 0 Å². The van der Waals surface area contributed by atoms with Crippen molar-refractivity contribution >= 4 is 0 Å². The Bertz CT molecular complexity index is 168. The van der Waals surface area contributed by atoms with E-state index in [0.717, 1.165) is 45.1 Å². The molecule has 0 unspecified atom stereocenters. The molecule has 0 aromatic heterocycles. The van der Waals surface area contributed by atoms with Gasteiger partial charge in [0.15, 0.2) is 0 Å². The number of ether oxygens (including phenoxy) is 1. The second-order valence-electron chi connectivity index (χ2n) is 3.92. The molecule has 1 rings (SSSR count). The van der Waals surface area contributed by atoms with Crippen LogP contribution in [-0.4, -0.2) is 26.3 Å². The molecule has 0 bridgehead atoms. The van der Waals surface area contributed by atoms with Crippen molar-refractivity contribution in [3.8, 4) is 12.3 Å². The van der Waals surface area contributed by atoms with E-state index in [1.165, 1.54) is 19.3 Å². The maximum absolute atomic E-state index is 5.31. The van der Waals surface area contributed by atoms with Gasteiger partial charge in [-0.1, -0.05) is 0 Å². The fraction of sp³-hybridized carbons (Fsp3) is 0.833. The molecule has 0 radical (unpaired) electrons. The van der Waals surface area contributed by atoms with Crippen molar-refractivity contribution in [3.63, 3.8) is 0 Å². The SMILES string of the molecule is C#CCCCCNCC1CCOCC1. The molecule has 0 aromatic carbocycles. The fourth-order valence-corrected chi connectivity index (χ4v) is 1.73. The highest BCUT2D eigenvalue weighted by atomic mass is 16.5. The standard InChI is InChI=1S/C12H21NO/c1-2-3-4-5-8-13-11-12-6-9-14-10-7-12/h1,12-13H,3-11H2. The van der Waals surface area contributed by atoms with Crippen LogP contribution in [0.1, 0.15) is 32.1 Å². The molecule has 0 spiro atoms. The largest absolute Gasteiger partial charge is 0.381 e. The zero-order chi connectivity index (χ0) is 10.1. The molecule has 1 saturated heterocycles. The van der Waals surface area contributed by atoms with Crippen molar-refractivity contribution < 1.29 is 4.74 Å². The Morgan fingerprint density at radius 1 is 1.29 bits per heavy atom. The van der Waals surface area contributed by atoms with E-state index >= 15 is 0 Å². The van der Waals surface area contributed by atoms with Gasteiger partial charge in [0.2, 0.25) is 0 Å². The molecule has 14 heavy (non-hydrogen) atoms. The lowest BCUT2D eigenvalue weighted by Crippen LogP contribution is -2.28. The molecular formula is C12H21NO. The molecule has 0 saturated carbocycles. The monoisotopic (exact) mass is 195 g/mol. The molecule has 2 heteroatoms. The highest BCUT2D eigenvalue weighted by Gasteiger charge is 2.12. The van der Waals surface area contributed by atoms with Gasteiger partial charge in [0.05, 0.1) is 0 Å². The van der Waals surface area contributed by atoms with Crippen LogP contribution in [0.3, 0.4) is 0 Å². The topological polar surface area (TPSA) is 21.3 Å². The van der Waals surface area contributed by atoms with Gasteiger partial charge in [0.1, 0.15) is 0 Å². The lowest BCUT2D eigenvalue weighted by Gasteiger charge is -2.22. The van der Waals surface area contributed by atoms with E-state index in [2.05, 4.69) is 11.2 Å². The first-order valence-electron chi connectivity index (χ1n) is 5.65. The minimum atomic E-state index is 0.830. The maximum Gasteiger partial charge on any atom is 0.0469 e. The molecule has 1 heterocycles. The molecular weight excluding hydrogens is 174 g/mol. The van der Waals surface area contributed by atoms with Gasteiger partial charge in [0.25, 0.3) is 0 Å². The van der Waals surface area contributed by atoms with Gasteiger partial charge in [-0.05, 0) is 44.7 Å². The summed E-state index contributed by atoms with van der Waals surface area (Å²) in [6, 6.07) is 0. The Balaban J connectivity index is 1.85. The van der Waals surface area contributed by atoms with Crippen LogP contribution in [0.2, 0.25) is 0 Å². The summed E-state index contributed by atoms with van der Waals surface area (Å²) >= 11 is 0. The second kappa shape index (κ2) is 7.84. The van der Waals surface area contributed by atoms with Crippen LogP contribution in [-0.2, 0) is 4.74 Å². The number of hydrogen-bond donors (Lipinski definition) is 1. The van der Waals surface area contributed by atoms with Crippen molar-refractivity contribution in [2.75, 3.05) is 26.3 Å². The van der Waals surface area contributed by atoms with Crippen LogP contribution >= 0.6 is 0 Å². The van der Waals surface area contributed by atoms with Gasteiger partial charge in [-0.15, -0.1) is 12.3 Å². The predicted molar refractivity (Wildman–Crippen MR) is 59.1 cm³/mol. The fourth-order valence-electron chi connectivity index (χ4n) is 1.73. The van der Waals surface area contributed by atoms with Crippen LogP contribution in [0, 0.1) is 18.3 Å². The van der Waals surface area contributed by atoms with Crippen LogP contribution in [0.15, 0.2) is 0 Å². The summed E-state index contributed by atoms with van der Waals surface area (Å²) in [6.45, 7) is 4.16. The number of hydrogen-bond acceptors (Lipinski definition) is 2. The Labute approximate surface area is 87.4 Å². The molecule has 0 amide bonds. The summed E-state index contributed by atoms with van der Waals surface area (Å²) in [5, 5.41) is 3.49.